The van der Waals surface area contributed by atoms with Crippen LogP contribution in [0.2, 0.25) is 5.02 Å². The van der Waals surface area contributed by atoms with Gasteiger partial charge in [0.1, 0.15) is 5.75 Å². The highest BCUT2D eigenvalue weighted by molar-refractivity contribution is 6.31. The molecule has 0 aromatic heterocycles. The first-order valence-electron chi connectivity index (χ1n) is 6.75. The molecule has 0 amide bonds. The van der Waals surface area contributed by atoms with Crippen molar-refractivity contribution in [2.75, 3.05) is 13.7 Å². The van der Waals surface area contributed by atoms with E-state index in [0.717, 1.165) is 19.3 Å². The topological polar surface area (TPSA) is 52.3 Å². The van der Waals surface area contributed by atoms with Gasteiger partial charge in [-0.2, -0.15) is 0 Å². The second-order valence-corrected chi connectivity index (χ2v) is 5.53. The molecule has 0 saturated heterocycles. The summed E-state index contributed by atoms with van der Waals surface area (Å²) in [7, 11) is 1.57. The lowest BCUT2D eigenvalue weighted by atomic mass is 9.75. The van der Waals surface area contributed by atoms with Gasteiger partial charge in [-0.1, -0.05) is 24.4 Å². The quantitative estimate of drug-likeness (QED) is 0.862. The molecule has 0 bridgehead atoms. The Labute approximate surface area is 119 Å². The summed E-state index contributed by atoms with van der Waals surface area (Å²) >= 11 is 5.99. The summed E-state index contributed by atoms with van der Waals surface area (Å²) in [4.78, 5) is 12.7. The van der Waals surface area contributed by atoms with Gasteiger partial charge in [-0.15, -0.1) is 0 Å². The van der Waals surface area contributed by atoms with Gasteiger partial charge < -0.3 is 10.5 Å². The van der Waals surface area contributed by atoms with Crippen LogP contribution in [-0.4, -0.2) is 19.4 Å². The first-order chi connectivity index (χ1) is 9.17. The molecule has 0 radical (unpaired) electrons. The Balaban J connectivity index is 2.29. The number of ketones is 1. The molecular formula is C15H20ClNO2. The van der Waals surface area contributed by atoms with E-state index in [2.05, 4.69) is 0 Å². The predicted molar refractivity (Wildman–Crippen MR) is 76.8 cm³/mol. The van der Waals surface area contributed by atoms with Crippen molar-refractivity contribution in [3.8, 4) is 5.75 Å². The molecule has 2 rings (SSSR count). The van der Waals surface area contributed by atoms with Crippen molar-refractivity contribution in [3.05, 3.63) is 28.8 Å². The Morgan fingerprint density at radius 1 is 1.42 bits per heavy atom. The van der Waals surface area contributed by atoms with Gasteiger partial charge in [0.2, 0.25) is 0 Å². The molecule has 1 aliphatic rings. The minimum absolute atomic E-state index is 0.00566. The van der Waals surface area contributed by atoms with Crippen molar-refractivity contribution >= 4 is 17.4 Å². The summed E-state index contributed by atoms with van der Waals surface area (Å²) < 4.78 is 5.27. The Morgan fingerprint density at radius 2 is 2.16 bits per heavy atom. The normalized spacial score (nSPS) is 23.1. The molecule has 2 atom stereocenters. The van der Waals surface area contributed by atoms with Crippen molar-refractivity contribution in [1.29, 1.82) is 0 Å². The molecule has 0 aliphatic heterocycles. The van der Waals surface area contributed by atoms with Crippen molar-refractivity contribution in [2.45, 2.75) is 25.7 Å². The molecule has 1 aliphatic carbocycles. The van der Waals surface area contributed by atoms with Gasteiger partial charge in [-0.25, -0.2) is 0 Å². The molecule has 0 spiro atoms. The zero-order valence-electron chi connectivity index (χ0n) is 11.2. The predicted octanol–water partition coefficient (Wildman–Crippen LogP) is 3.30. The largest absolute Gasteiger partial charge is 0.496 e. The molecule has 4 heteroatoms. The van der Waals surface area contributed by atoms with E-state index in [-0.39, 0.29) is 17.6 Å². The summed E-state index contributed by atoms with van der Waals surface area (Å²) in [6, 6.07) is 5.18. The average molecular weight is 282 g/mol. The number of Topliss-reactive ketones (excluding diaryl/α,β-unsaturated/α-hetero) is 1. The summed E-state index contributed by atoms with van der Waals surface area (Å²) in [6.07, 6.45) is 4.21. The number of carbonyl (C=O) groups excluding carboxylic acids is 1. The fraction of sp³-hybridized carbons (Fsp3) is 0.533. The minimum Gasteiger partial charge on any atom is -0.496 e. The van der Waals surface area contributed by atoms with E-state index in [9.17, 15) is 4.79 Å². The van der Waals surface area contributed by atoms with E-state index in [4.69, 9.17) is 22.1 Å². The second-order valence-electron chi connectivity index (χ2n) is 5.10. The second kappa shape index (κ2) is 6.40. The number of carbonyl (C=O) groups is 1. The van der Waals surface area contributed by atoms with Crippen LogP contribution in [0.3, 0.4) is 0 Å². The third-order valence-electron chi connectivity index (χ3n) is 3.98. The van der Waals surface area contributed by atoms with Gasteiger partial charge in [-0.05, 0) is 43.5 Å². The Bertz CT molecular complexity index is 461. The molecular weight excluding hydrogens is 262 g/mol. The number of benzene rings is 1. The van der Waals surface area contributed by atoms with E-state index in [1.54, 1.807) is 25.3 Å². The fourth-order valence-corrected chi connectivity index (χ4v) is 3.08. The van der Waals surface area contributed by atoms with Crippen molar-refractivity contribution in [2.24, 2.45) is 17.6 Å². The maximum absolute atomic E-state index is 12.7. The van der Waals surface area contributed by atoms with E-state index in [0.29, 0.717) is 22.9 Å². The van der Waals surface area contributed by atoms with E-state index in [1.165, 1.54) is 6.42 Å². The molecule has 1 saturated carbocycles. The van der Waals surface area contributed by atoms with Gasteiger partial charge in [0.05, 0.1) is 12.7 Å². The summed E-state index contributed by atoms with van der Waals surface area (Å²) in [5, 5.41) is 0.559. The smallest absolute Gasteiger partial charge is 0.170 e. The fourth-order valence-electron chi connectivity index (χ4n) is 2.91. The monoisotopic (exact) mass is 281 g/mol. The molecule has 1 aromatic rings. The standard InChI is InChI=1S/C15H20ClNO2/c1-19-14-7-6-11(16)8-13(14)15(18)12-5-3-2-4-10(12)9-17/h6-8,10,12H,2-5,9,17H2,1H3. The van der Waals surface area contributed by atoms with Crippen LogP contribution in [0, 0.1) is 11.8 Å². The minimum atomic E-state index is 0.00566. The van der Waals surface area contributed by atoms with Gasteiger partial charge in [0.25, 0.3) is 0 Å². The van der Waals surface area contributed by atoms with Crippen LogP contribution in [0.15, 0.2) is 18.2 Å². The van der Waals surface area contributed by atoms with Gasteiger partial charge in [0, 0.05) is 10.9 Å². The van der Waals surface area contributed by atoms with Crippen LogP contribution < -0.4 is 10.5 Å². The number of nitrogens with two attached hydrogens (primary N) is 1. The summed E-state index contributed by atoms with van der Waals surface area (Å²) in [5.41, 5.74) is 6.38. The number of hydrogen-bond acceptors (Lipinski definition) is 3. The molecule has 1 aromatic carbocycles. The maximum Gasteiger partial charge on any atom is 0.170 e. The highest BCUT2D eigenvalue weighted by atomic mass is 35.5. The summed E-state index contributed by atoms with van der Waals surface area (Å²) in [6.45, 7) is 0.569. The zero-order valence-corrected chi connectivity index (χ0v) is 12.0. The lowest BCUT2D eigenvalue weighted by Crippen LogP contribution is -2.32. The Hall–Kier alpha value is -1.06. The average Bonchev–Trinajstić information content (AvgIpc) is 2.46. The molecule has 1 fully saturated rings. The first-order valence-corrected chi connectivity index (χ1v) is 7.13. The van der Waals surface area contributed by atoms with E-state index < -0.39 is 0 Å². The Kier molecular flexibility index (Phi) is 4.83. The SMILES string of the molecule is COc1ccc(Cl)cc1C(=O)C1CCCCC1CN. The summed E-state index contributed by atoms with van der Waals surface area (Å²) in [5.74, 6) is 1.00. The number of ether oxygens (including phenoxy) is 1. The Morgan fingerprint density at radius 3 is 2.84 bits per heavy atom. The molecule has 2 N–H and O–H groups in total. The highest BCUT2D eigenvalue weighted by Crippen LogP contribution is 2.34. The van der Waals surface area contributed by atoms with E-state index >= 15 is 0 Å². The number of methoxy groups -OCH3 is 1. The first kappa shape index (κ1) is 14.4. The lowest BCUT2D eigenvalue weighted by Gasteiger charge is -2.29. The number of halogens is 1. The van der Waals surface area contributed by atoms with Crippen molar-refractivity contribution in [3.63, 3.8) is 0 Å². The van der Waals surface area contributed by atoms with Crippen molar-refractivity contribution in [1.82, 2.24) is 0 Å². The van der Waals surface area contributed by atoms with Crippen LogP contribution in [0.4, 0.5) is 0 Å². The lowest BCUT2D eigenvalue weighted by molar-refractivity contribution is 0.0826. The van der Waals surface area contributed by atoms with Crippen LogP contribution in [-0.2, 0) is 0 Å². The van der Waals surface area contributed by atoms with Crippen molar-refractivity contribution < 1.29 is 9.53 Å². The third-order valence-corrected chi connectivity index (χ3v) is 4.21. The van der Waals surface area contributed by atoms with Gasteiger partial charge in [-0.3, -0.25) is 4.79 Å². The van der Waals surface area contributed by atoms with Crippen LogP contribution in [0.25, 0.3) is 0 Å². The molecule has 0 heterocycles. The van der Waals surface area contributed by atoms with E-state index in [1.807, 2.05) is 0 Å². The highest BCUT2D eigenvalue weighted by Gasteiger charge is 2.31. The molecule has 19 heavy (non-hydrogen) atoms. The number of rotatable bonds is 4. The third kappa shape index (κ3) is 3.10. The van der Waals surface area contributed by atoms with Crippen LogP contribution >= 0.6 is 11.6 Å². The van der Waals surface area contributed by atoms with Gasteiger partial charge >= 0.3 is 0 Å². The molecule has 2 unspecified atom stereocenters. The van der Waals surface area contributed by atoms with Crippen LogP contribution in [0.5, 0.6) is 5.75 Å². The van der Waals surface area contributed by atoms with Gasteiger partial charge in [0.15, 0.2) is 5.78 Å². The van der Waals surface area contributed by atoms with Crippen LogP contribution in [0.1, 0.15) is 36.0 Å². The maximum atomic E-state index is 12.7. The molecule has 3 nitrogen and oxygen atoms in total. The number of hydrogen-bond donors (Lipinski definition) is 1. The molecule has 104 valence electrons. The zero-order chi connectivity index (χ0) is 13.8.